The summed E-state index contributed by atoms with van der Waals surface area (Å²) < 4.78 is 0. The van der Waals surface area contributed by atoms with Gasteiger partial charge >= 0.3 is 5.97 Å². The van der Waals surface area contributed by atoms with Crippen molar-refractivity contribution in [2.75, 3.05) is 6.54 Å². The number of nitrogens with one attached hydrogen (secondary N) is 1. The number of carboxylic acid groups (broad SMARTS) is 1. The van der Waals surface area contributed by atoms with Crippen molar-refractivity contribution in [1.29, 1.82) is 0 Å². The lowest BCUT2D eigenvalue weighted by Crippen LogP contribution is -2.20. The molecule has 0 radical (unpaired) electrons. The number of aliphatic carboxylic acids is 1. The van der Waals surface area contributed by atoms with Gasteiger partial charge in [0.25, 0.3) is 0 Å². The predicted molar refractivity (Wildman–Crippen MR) is 51.5 cm³/mol. The van der Waals surface area contributed by atoms with Gasteiger partial charge in [0.1, 0.15) is 0 Å². The highest BCUT2D eigenvalue weighted by Gasteiger charge is 1.95. The molecule has 0 saturated heterocycles. The lowest BCUT2D eigenvalue weighted by molar-refractivity contribution is -0.137. The maximum absolute atomic E-state index is 10.3. The van der Waals surface area contributed by atoms with E-state index >= 15 is 0 Å². The van der Waals surface area contributed by atoms with Crippen LogP contribution in [0.2, 0.25) is 0 Å². The molecule has 0 atom stereocenters. The molecule has 2 N–H and O–H groups in total. The first-order valence-electron chi connectivity index (χ1n) is 4.59. The van der Waals surface area contributed by atoms with E-state index in [4.69, 9.17) is 5.11 Å². The average molecular weight is 189 g/mol. The van der Waals surface area contributed by atoms with Crippen LogP contribution in [0.3, 0.4) is 0 Å². The van der Waals surface area contributed by atoms with Gasteiger partial charge in [0.05, 0.1) is 0 Å². The summed E-state index contributed by atoms with van der Waals surface area (Å²) in [6.07, 6.45) is 1.53. The molecule has 4 nitrogen and oxygen atoms in total. The van der Waals surface area contributed by atoms with Crippen LogP contribution < -0.4 is 5.32 Å². The summed E-state index contributed by atoms with van der Waals surface area (Å²) in [5.74, 6) is -0.854. The number of amides is 1. The molecule has 78 valence electrons. The molecule has 0 rings (SSSR count). The predicted octanol–water partition coefficient (Wildman–Crippen LogP) is 1.40. The molecule has 0 bridgehead atoms. The standard InChI is InChI=1S/C7H13NO3.C2H6/c1-6(9)8-5-3-2-4-7(10)11;1-2/h2-5H2,1H3,(H,8,9)(H,10,11);1-2H3. The normalized spacial score (nSPS) is 8.23. The molecule has 4 heteroatoms. The van der Waals surface area contributed by atoms with E-state index < -0.39 is 5.97 Å². The highest BCUT2D eigenvalue weighted by Crippen LogP contribution is 1.92. The van der Waals surface area contributed by atoms with Crippen LogP contribution in [0.5, 0.6) is 0 Å². The molecule has 0 aromatic rings. The quantitative estimate of drug-likeness (QED) is 0.642. The molecule has 13 heavy (non-hydrogen) atoms. The Morgan fingerprint density at radius 2 is 1.77 bits per heavy atom. The van der Waals surface area contributed by atoms with Gasteiger partial charge in [0.2, 0.25) is 5.91 Å². The number of hydrogen-bond acceptors (Lipinski definition) is 2. The van der Waals surface area contributed by atoms with Gasteiger partial charge < -0.3 is 10.4 Å². The minimum Gasteiger partial charge on any atom is -0.481 e. The third-order valence-electron chi connectivity index (χ3n) is 1.19. The van der Waals surface area contributed by atoms with Gasteiger partial charge in [-0.3, -0.25) is 9.59 Å². The summed E-state index contributed by atoms with van der Waals surface area (Å²) in [7, 11) is 0. The van der Waals surface area contributed by atoms with E-state index in [-0.39, 0.29) is 12.3 Å². The lowest BCUT2D eigenvalue weighted by Gasteiger charge is -1.98. The number of carboxylic acids is 1. The Morgan fingerprint density at radius 1 is 1.23 bits per heavy atom. The topological polar surface area (TPSA) is 66.4 Å². The number of carbonyl (C=O) groups excluding carboxylic acids is 1. The van der Waals surface area contributed by atoms with Crippen LogP contribution in [0.4, 0.5) is 0 Å². The van der Waals surface area contributed by atoms with E-state index in [1.165, 1.54) is 6.92 Å². The van der Waals surface area contributed by atoms with Crippen molar-refractivity contribution in [3.05, 3.63) is 0 Å². The number of rotatable bonds is 5. The van der Waals surface area contributed by atoms with Gasteiger partial charge in [0.15, 0.2) is 0 Å². The molecule has 0 unspecified atom stereocenters. The monoisotopic (exact) mass is 189 g/mol. The largest absolute Gasteiger partial charge is 0.481 e. The molecule has 0 aliphatic heterocycles. The van der Waals surface area contributed by atoms with Gasteiger partial charge in [-0.25, -0.2) is 0 Å². The minimum absolute atomic E-state index is 0.0691. The summed E-state index contributed by atoms with van der Waals surface area (Å²) in [5, 5.41) is 10.8. The lowest BCUT2D eigenvalue weighted by atomic mass is 10.2. The number of unbranched alkanes of at least 4 members (excludes halogenated alkanes) is 1. The molecule has 0 aromatic heterocycles. The maximum atomic E-state index is 10.3. The van der Waals surface area contributed by atoms with Crippen LogP contribution in [0.1, 0.15) is 40.0 Å². The highest BCUT2D eigenvalue weighted by atomic mass is 16.4. The van der Waals surface area contributed by atoms with Crippen molar-refractivity contribution in [3.63, 3.8) is 0 Å². The van der Waals surface area contributed by atoms with Gasteiger partial charge in [-0.1, -0.05) is 13.8 Å². The molecule has 1 amide bonds. The fourth-order valence-electron chi connectivity index (χ4n) is 0.666. The molecule has 0 saturated carbocycles. The van der Waals surface area contributed by atoms with Gasteiger partial charge in [-0.15, -0.1) is 0 Å². The molecule has 0 aromatic carbocycles. The fourth-order valence-corrected chi connectivity index (χ4v) is 0.666. The average Bonchev–Trinajstić information content (AvgIpc) is 2.06. The number of hydrogen-bond donors (Lipinski definition) is 2. The Kier molecular flexibility index (Phi) is 12.2. The fraction of sp³-hybridized carbons (Fsp3) is 0.778. The zero-order valence-electron chi connectivity index (χ0n) is 8.59. The van der Waals surface area contributed by atoms with Crippen molar-refractivity contribution >= 4 is 11.9 Å². The van der Waals surface area contributed by atoms with Crippen LogP contribution in [0.25, 0.3) is 0 Å². The second-order valence-electron chi connectivity index (χ2n) is 2.33. The van der Waals surface area contributed by atoms with E-state index in [9.17, 15) is 9.59 Å². The Morgan fingerprint density at radius 3 is 2.15 bits per heavy atom. The smallest absolute Gasteiger partial charge is 0.303 e. The van der Waals surface area contributed by atoms with E-state index in [1.807, 2.05) is 13.8 Å². The summed E-state index contributed by atoms with van der Waals surface area (Å²) in [4.78, 5) is 20.3. The Labute approximate surface area is 79.3 Å². The second-order valence-corrected chi connectivity index (χ2v) is 2.33. The SMILES string of the molecule is CC.CC(=O)NCCCCC(=O)O. The van der Waals surface area contributed by atoms with Crippen molar-refractivity contribution in [3.8, 4) is 0 Å². The van der Waals surface area contributed by atoms with Crippen molar-refractivity contribution in [2.45, 2.75) is 40.0 Å². The van der Waals surface area contributed by atoms with Gasteiger partial charge in [0, 0.05) is 19.9 Å². The number of carbonyl (C=O) groups is 2. The van der Waals surface area contributed by atoms with E-state index in [2.05, 4.69) is 5.32 Å². The molecule has 0 aliphatic rings. The Bertz CT molecular complexity index is 130. The van der Waals surface area contributed by atoms with Crippen molar-refractivity contribution in [2.24, 2.45) is 0 Å². The van der Waals surface area contributed by atoms with Crippen molar-refractivity contribution in [1.82, 2.24) is 5.32 Å². The first-order chi connectivity index (χ1) is 6.13. The second kappa shape index (κ2) is 10.9. The Hall–Kier alpha value is -1.06. The van der Waals surface area contributed by atoms with Gasteiger partial charge in [-0.2, -0.15) is 0 Å². The zero-order chi connectivity index (χ0) is 10.7. The summed E-state index contributed by atoms with van der Waals surface area (Å²) in [6, 6.07) is 0. The first-order valence-corrected chi connectivity index (χ1v) is 4.59. The van der Waals surface area contributed by atoms with Crippen LogP contribution in [-0.2, 0) is 9.59 Å². The molecular formula is C9H19NO3. The summed E-state index contributed by atoms with van der Waals surface area (Å²) >= 11 is 0. The van der Waals surface area contributed by atoms with E-state index in [0.29, 0.717) is 13.0 Å². The van der Waals surface area contributed by atoms with Crippen LogP contribution in [0.15, 0.2) is 0 Å². The van der Waals surface area contributed by atoms with Crippen LogP contribution in [-0.4, -0.2) is 23.5 Å². The zero-order valence-corrected chi connectivity index (χ0v) is 8.59. The third-order valence-corrected chi connectivity index (χ3v) is 1.19. The van der Waals surface area contributed by atoms with Crippen LogP contribution in [0, 0.1) is 0 Å². The maximum Gasteiger partial charge on any atom is 0.303 e. The Balaban J connectivity index is 0. The van der Waals surface area contributed by atoms with Crippen molar-refractivity contribution < 1.29 is 14.7 Å². The molecule has 0 fully saturated rings. The molecule has 0 aliphatic carbocycles. The third kappa shape index (κ3) is 18.2. The van der Waals surface area contributed by atoms with Crippen LogP contribution >= 0.6 is 0 Å². The molecular weight excluding hydrogens is 170 g/mol. The first kappa shape index (κ1) is 14.5. The summed E-state index contributed by atoms with van der Waals surface area (Å²) in [6.45, 7) is 6.01. The minimum atomic E-state index is -0.784. The van der Waals surface area contributed by atoms with E-state index in [1.54, 1.807) is 0 Å². The highest BCUT2D eigenvalue weighted by molar-refractivity contribution is 5.72. The summed E-state index contributed by atoms with van der Waals surface area (Å²) in [5.41, 5.74) is 0. The molecule has 0 spiro atoms. The van der Waals surface area contributed by atoms with E-state index in [0.717, 1.165) is 6.42 Å². The van der Waals surface area contributed by atoms with Gasteiger partial charge in [-0.05, 0) is 12.8 Å². The molecule has 0 heterocycles.